The fourth-order valence-electron chi connectivity index (χ4n) is 3.09. The van der Waals surface area contributed by atoms with E-state index in [0.29, 0.717) is 45.8 Å². The predicted molar refractivity (Wildman–Crippen MR) is 77.8 cm³/mol. The maximum atomic E-state index is 12.7. The Morgan fingerprint density at radius 2 is 1.88 bits per heavy atom. The molecule has 0 atom stereocenters. The van der Waals surface area contributed by atoms with E-state index in [4.69, 9.17) is 9.47 Å². The van der Waals surface area contributed by atoms with Crippen molar-refractivity contribution in [2.75, 3.05) is 32.9 Å². The minimum atomic E-state index is -4.84. The highest BCUT2D eigenvalue weighted by molar-refractivity contribution is 5.97. The third-order valence-electron chi connectivity index (χ3n) is 4.28. The Balaban J connectivity index is 1.79. The number of alkyl halides is 3. The van der Waals surface area contributed by atoms with E-state index in [0.717, 1.165) is 6.07 Å². The molecule has 2 saturated heterocycles. The number of carbonyl (C=O) groups is 1. The maximum absolute atomic E-state index is 12.7. The van der Waals surface area contributed by atoms with Gasteiger partial charge in [0.25, 0.3) is 5.91 Å². The molecule has 0 radical (unpaired) electrons. The summed E-state index contributed by atoms with van der Waals surface area (Å²) in [5.74, 6) is -0.966. The largest absolute Gasteiger partial charge is 0.573 e. The Bertz CT molecular complexity index is 594. The monoisotopic (exact) mass is 345 g/mol. The number of nitrogens with zero attached hydrogens (tertiary/aromatic N) is 1. The van der Waals surface area contributed by atoms with E-state index in [1.807, 2.05) is 0 Å². The van der Waals surface area contributed by atoms with Crippen molar-refractivity contribution in [2.45, 2.75) is 24.8 Å². The van der Waals surface area contributed by atoms with Crippen molar-refractivity contribution >= 4 is 5.91 Å². The number of morpholine rings is 1. The van der Waals surface area contributed by atoms with Crippen molar-refractivity contribution in [1.29, 1.82) is 0 Å². The summed E-state index contributed by atoms with van der Waals surface area (Å²) in [6.45, 7) is 2.14. The fraction of sp³-hybridized carbons (Fsp3) is 0.562. The van der Waals surface area contributed by atoms with Crippen LogP contribution in [0.1, 0.15) is 23.2 Å². The average Bonchev–Trinajstić information content (AvgIpc) is 2.54. The zero-order valence-corrected chi connectivity index (χ0v) is 13.0. The second-order valence-corrected chi connectivity index (χ2v) is 5.91. The summed E-state index contributed by atoms with van der Waals surface area (Å²) in [6.07, 6.45) is -3.52. The summed E-state index contributed by atoms with van der Waals surface area (Å²) >= 11 is 0. The molecule has 2 fully saturated rings. The smallest absolute Gasteiger partial charge is 0.405 e. The van der Waals surface area contributed by atoms with E-state index in [1.165, 1.54) is 23.1 Å². The summed E-state index contributed by atoms with van der Waals surface area (Å²) in [6, 6.07) is 5.40. The molecule has 0 saturated carbocycles. The van der Waals surface area contributed by atoms with Gasteiger partial charge in [-0.2, -0.15) is 0 Å². The van der Waals surface area contributed by atoms with Crippen LogP contribution in [0.25, 0.3) is 0 Å². The maximum Gasteiger partial charge on any atom is 0.573 e. The van der Waals surface area contributed by atoms with Crippen LogP contribution in [-0.2, 0) is 9.47 Å². The van der Waals surface area contributed by atoms with E-state index in [2.05, 4.69) is 4.74 Å². The fourth-order valence-corrected chi connectivity index (χ4v) is 3.09. The number of carbonyl (C=O) groups excluding carboxylic acids is 1. The standard InChI is InChI=1S/C16H18F3NO4/c17-16(18,19)24-13-4-2-1-3-12(13)14(21)20-7-10-23-15(11-20)5-8-22-9-6-15/h1-4H,5-11H2. The van der Waals surface area contributed by atoms with Gasteiger partial charge in [-0.25, -0.2) is 0 Å². The molecule has 1 aromatic carbocycles. The van der Waals surface area contributed by atoms with Gasteiger partial charge in [0.1, 0.15) is 5.75 Å². The molecule has 0 aromatic heterocycles. The van der Waals surface area contributed by atoms with Gasteiger partial charge in [0.15, 0.2) is 0 Å². The molecule has 5 nitrogen and oxygen atoms in total. The van der Waals surface area contributed by atoms with Crippen LogP contribution < -0.4 is 4.74 Å². The van der Waals surface area contributed by atoms with Crippen LogP contribution in [0.5, 0.6) is 5.75 Å². The average molecular weight is 345 g/mol. The number of halogens is 3. The first kappa shape index (κ1) is 17.0. The lowest BCUT2D eigenvalue weighted by atomic mass is 9.92. The summed E-state index contributed by atoms with van der Waals surface area (Å²) in [4.78, 5) is 14.3. The Labute approximate surface area is 137 Å². The van der Waals surface area contributed by atoms with Crippen molar-refractivity contribution in [1.82, 2.24) is 4.90 Å². The first-order valence-corrected chi connectivity index (χ1v) is 7.74. The lowest BCUT2D eigenvalue weighted by Gasteiger charge is -2.44. The van der Waals surface area contributed by atoms with Gasteiger partial charge < -0.3 is 19.1 Å². The second kappa shape index (κ2) is 6.60. The molecule has 1 aromatic rings. The second-order valence-electron chi connectivity index (χ2n) is 5.91. The lowest BCUT2D eigenvalue weighted by Crippen LogP contribution is -2.55. The van der Waals surface area contributed by atoms with E-state index < -0.39 is 23.6 Å². The van der Waals surface area contributed by atoms with Crippen molar-refractivity contribution < 1.29 is 32.2 Å². The van der Waals surface area contributed by atoms with Gasteiger partial charge in [0.05, 0.1) is 24.3 Å². The van der Waals surface area contributed by atoms with Crippen LogP contribution in [0.4, 0.5) is 13.2 Å². The van der Waals surface area contributed by atoms with E-state index >= 15 is 0 Å². The molecule has 2 aliphatic rings. The first-order valence-electron chi connectivity index (χ1n) is 7.74. The number of hydrogen-bond acceptors (Lipinski definition) is 4. The summed E-state index contributed by atoms with van der Waals surface area (Å²) in [5, 5.41) is 0. The molecule has 132 valence electrons. The number of amides is 1. The quantitative estimate of drug-likeness (QED) is 0.827. The van der Waals surface area contributed by atoms with Gasteiger partial charge in [0.2, 0.25) is 0 Å². The molecule has 8 heteroatoms. The van der Waals surface area contributed by atoms with Crippen LogP contribution in [0.3, 0.4) is 0 Å². The molecule has 3 rings (SSSR count). The van der Waals surface area contributed by atoms with Crippen LogP contribution in [0.2, 0.25) is 0 Å². The Kier molecular flexibility index (Phi) is 4.69. The summed E-state index contributed by atoms with van der Waals surface area (Å²) < 4.78 is 52.7. The van der Waals surface area contributed by atoms with Crippen LogP contribution in [0.15, 0.2) is 24.3 Å². The molecular weight excluding hydrogens is 327 g/mol. The van der Waals surface area contributed by atoms with Crippen molar-refractivity contribution in [3.8, 4) is 5.75 Å². The van der Waals surface area contributed by atoms with Crippen molar-refractivity contribution in [3.05, 3.63) is 29.8 Å². The van der Waals surface area contributed by atoms with Crippen LogP contribution in [0, 0.1) is 0 Å². The van der Waals surface area contributed by atoms with Gasteiger partial charge in [-0.3, -0.25) is 4.79 Å². The van der Waals surface area contributed by atoms with Crippen molar-refractivity contribution in [3.63, 3.8) is 0 Å². The highest BCUT2D eigenvalue weighted by Gasteiger charge is 2.41. The van der Waals surface area contributed by atoms with Crippen LogP contribution in [-0.4, -0.2) is 55.7 Å². The molecule has 0 aliphatic carbocycles. The normalized spacial score (nSPS) is 20.9. The van der Waals surface area contributed by atoms with Crippen molar-refractivity contribution in [2.24, 2.45) is 0 Å². The molecule has 24 heavy (non-hydrogen) atoms. The van der Waals surface area contributed by atoms with Gasteiger partial charge in [-0.15, -0.1) is 13.2 Å². The zero-order valence-electron chi connectivity index (χ0n) is 13.0. The highest BCUT2D eigenvalue weighted by Crippen LogP contribution is 2.32. The molecular formula is C16H18F3NO4. The summed E-state index contributed by atoms with van der Waals surface area (Å²) in [5.41, 5.74) is -0.564. The molecule has 1 amide bonds. The minimum Gasteiger partial charge on any atom is -0.405 e. The Morgan fingerprint density at radius 1 is 1.17 bits per heavy atom. The van der Waals surface area contributed by atoms with Crippen LogP contribution >= 0.6 is 0 Å². The number of para-hydroxylation sites is 1. The SMILES string of the molecule is O=C(c1ccccc1OC(F)(F)F)N1CCOC2(CCOCC2)C1. The topological polar surface area (TPSA) is 48.0 Å². The molecule has 2 aliphatic heterocycles. The van der Waals surface area contributed by atoms with E-state index in [9.17, 15) is 18.0 Å². The number of rotatable bonds is 2. The predicted octanol–water partition coefficient (Wildman–Crippen LogP) is 2.61. The number of hydrogen-bond donors (Lipinski definition) is 0. The third-order valence-corrected chi connectivity index (χ3v) is 4.28. The first-order chi connectivity index (χ1) is 11.4. The highest BCUT2D eigenvalue weighted by atomic mass is 19.4. The van der Waals surface area contributed by atoms with E-state index in [1.54, 1.807) is 0 Å². The van der Waals surface area contributed by atoms with Gasteiger partial charge in [-0.1, -0.05) is 12.1 Å². The third kappa shape index (κ3) is 3.81. The number of ether oxygens (including phenoxy) is 3. The van der Waals surface area contributed by atoms with Gasteiger partial charge in [0, 0.05) is 32.6 Å². The summed E-state index contributed by atoms with van der Waals surface area (Å²) in [7, 11) is 0. The molecule has 1 spiro atoms. The van der Waals surface area contributed by atoms with Gasteiger partial charge >= 0.3 is 6.36 Å². The minimum absolute atomic E-state index is 0.0982. The Morgan fingerprint density at radius 3 is 2.58 bits per heavy atom. The van der Waals surface area contributed by atoms with Gasteiger partial charge in [-0.05, 0) is 12.1 Å². The molecule has 0 bridgehead atoms. The molecule has 0 unspecified atom stereocenters. The lowest BCUT2D eigenvalue weighted by molar-refractivity contribution is -0.274. The molecule has 2 heterocycles. The number of benzene rings is 1. The zero-order chi connectivity index (χ0) is 17.2. The Hall–Kier alpha value is -1.80. The molecule has 0 N–H and O–H groups in total. The van der Waals surface area contributed by atoms with E-state index in [-0.39, 0.29) is 5.56 Å².